The highest BCUT2D eigenvalue weighted by molar-refractivity contribution is 5.20. The van der Waals surface area contributed by atoms with Crippen molar-refractivity contribution in [2.75, 3.05) is 19.7 Å². The van der Waals surface area contributed by atoms with E-state index in [2.05, 4.69) is 0 Å². The molecule has 0 spiro atoms. The van der Waals surface area contributed by atoms with Gasteiger partial charge in [-0.1, -0.05) is 48.5 Å². The zero-order valence-corrected chi connectivity index (χ0v) is 13.8. The summed E-state index contributed by atoms with van der Waals surface area (Å²) in [5, 5.41) is 9.37. The summed E-state index contributed by atoms with van der Waals surface area (Å²) in [6.07, 6.45) is -6.41. The van der Waals surface area contributed by atoms with Crippen LogP contribution >= 0.6 is 0 Å². The first-order valence-corrected chi connectivity index (χ1v) is 8.14. The van der Waals surface area contributed by atoms with E-state index in [9.17, 15) is 18.3 Å². The van der Waals surface area contributed by atoms with Crippen LogP contribution in [0, 0.1) is 0 Å². The zero-order valence-electron chi connectivity index (χ0n) is 13.8. The third kappa shape index (κ3) is 7.15. The fraction of sp³-hybridized carbons (Fsp3) is 0.368. The Morgan fingerprint density at radius 2 is 1.56 bits per heavy atom. The SMILES string of the molecule is OC(CN(CCCOc1ccccc1)Cc1ccccc1)C(F)(F)F. The number of aliphatic hydroxyl groups excluding tert-OH is 1. The molecule has 0 saturated heterocycles. The summed E-state index contributed by atoms with van der Waals surface area (Å²) < 4.78 is 43.5. The molecule has 2 aromatic carbocycles. The maximum Gasteiger partial charge on any atom is 0.415 e. The lowest BCUT2D eigenvalue weighted by Gasteiger charge is -2.26. The molecule has 0 amide bonds. The summed E-state index contributed by atoms with van der Waals surface area (Å²) >= 11 is 0. The van der Waals surface area contributed by atoms with Gasteiger partial charge >= 0.3 is 6.18 Å². The first kappa shape index (κ1) is 19.3. The number of hydrogen-bond acceptors (Lipinski definition) is 3. The fourth-order valence-electron chi connectivity index (χ4n) is 2.42. The molecule has 0 aromatic heterocycles. The molecule has 0 radical (unpaired) electrons. The van der Waals surface area contributed by atoms with Crippen molar-refractivity contribution in [2.45, 2.75) is 25.2 Å². The molecular weight excluding hydrogens is 331 g/mol. The van der Waals surface area contributed by atoms with Crippen molar-refractivity contribution in [2.24, 2.45) is 0 Å². The highest BCUT2D eigenvalue weighted by atomic mass is 19.4. The molecule has 0 aliphatic carbocycles. The van der Waals surface area contributed by atoms with Crippen LogP contribution in [0.5, 0.6) is 5.75 Å². The summed E-state index contributed by atoms with van der Waals surface area (Å²) in [6.45, 7) is 0.690. The number of hydrogen-bond donors (Lipinski definition) is 1. The molecule has 0 saturated carbocycles. The van der Waals surface area contributed by atoms with E-state index >= 15 is 0 Å². The lowest BCUT2D eigenvalue weighted by atomic mass is 10.2. The predicted octanol–water partition coefficient (Wildman–Crippen LogP) is 3.88. The van der Waals surface area contributed by atoms with Crippen molar-refractivity contribution in [3.05, 3.63) is 66.2 Å². The van der Waals surface area contributed by atoms with Gasteiger partial charge in [0.25, 0.3) is 0 Å². The van der Waals surface area contributed by atoms with Crippen LogP contribution in [0.3, 0.4) is 0 Å². The summed E-state index contributed by atoms with van der Waals surface area (Å²) in [7, 11) is 0. The monoisotopic (exact) mass is 353 g/mol. The quantitative estimate of drug-likeness (QED) is 0.695. The van der Waals surface area contributed by atoms with Crippen LogP contribution < -0.4 is 4.74 Å². The normalized spacial score (nSPS) is 13.0. The molecule has 0 heterocycles. The predicted molar refractivity (Wildman–Crippen MR) is 90.3 cm³/mol. The van der Waals surface area contributed by atoms with Crippen LogP contribution in [0.4, 0.5) is 13.2 Å². The molecule has 6 heteroatoms. The molecule has 0 aliphatic heterocycles. The molecular formula is C19H22F3NO2. The van der Waals surface area contributed by atoms with Crippen LogP contribution in [-0.2, 0) is 6.54 Å². The molecule has 136 valence electrons. The average molecular weight is 353 g/mol. The number of alkyl halides is 3. The summed E-state index contributed by atoms with van der Waals surface area (Å²) in [6, 6.07) is 18.5. The van der Waals surface area contributed by atoms with E-state index in [-0.39, 0.29) is 0 Å². The lowest BCUT2D eigenvalue weighted by molar-refractivity contribution is -0.208. The highest BCUT2D eigenvalue weighted by Gasteiger charge is 2.39. The van der Waals surface area contributed by atoms with E-state index in [1.54, 1.807) is 4.90 Å². The molecule has 1 N–H and O–H groups in total. The van der Waals surface area contributed by atoms with Gasteiger partial charge in [0.15, 0.2) is 6.10 Å². The second-order valence-electron chi connectivity index (χ2n) is 5.79. The van der Waals surface area contributed by atoms with Crippen molar-refractivity contribution >= 4 is 0 Å². The van der Waals surface area contributed by atoms with Crippen molar-refractivity contribution in [1.29, 1.82) is 0 Å². The number of nitrogens with zero attached hydrogens (tertiary/aromatic N) is 1. The second-order valence-corrected chi connectivity index (χ2v) is 5.79. The molecule has 25 heavy (non-hydrogen) atoms. The van der Waals surface area contributed by atoms with Gasteiger partial charge in [0.1, 0.15) is 5.75 Å². The molecule has 1 atom stereocenters. The van der Waals surface area contributed by atoms with E-state index < -0.39 is 18.8 Å². The van der Waals surface area contributed by atoms with E-state index in [1.165, 1.54) is 0 Å². The first-order valence-electron chi connectivity index (χ1n) is 8.14. The topological polar surface area (TPSA) is 32.7 Å². The molecule has 2 aromatic rings. The molecule has 0 aliphatic rings. The van der Waals surface area contributed by atoms with Crippen LogP contribution in [0.25, 0.3) is 0 Å². The smallest absolute Gasteiger partial charge is 0.415 e. The minimum atomic E-state index is -4.62. The summed E-state index contributed by atoms with van der Waals surface area (Å²) in [4.78, 5) is 1.60. The Morgan fingerprint density at radius 3 is 2.16 bits per heavy atom. The fourth-order valence-corrected chi connectivity index (χ4v) is 2.42. The third-order valence-electron chi connectivity index (χ3n) is 3.69. The Bertz CT molecular complexity index is 605. The Hall–Kier alpha value is -2.05. The van der Waals surface area contributed by atoms with Crippen molar-refractivity contribution < 1.29 is 23.0 Å². The number of benzene rings is 2. The highest BCUT2D eigenvalue weighted by Crippen LogP contribution is 2.21. The minimum absolute atomic E-state index is 0.347. The Kier molecular flexibility index (Phi) is 7.28. The standard InChI is InChI=1S/C19H22F3NO2/c20-19(21,22)18(24)15-23(14-16-8-3-1-4-9-16)12-7-13-25-17-10-5-2-6-11-17/h1-6,8-11,18,24H,7,12-15H2. The van der Waals surface area contributed by atoms with Crippen LogP contribution in [0.1, 0.15) is 12.0 Å². The van der Waals surface area contributed by atoms with Gasteiger partial charge in [0, 0.05) is 19.6 Å². The van der Waals surface area contributed by atoms with E-state index in [0.717, 1.165) is 11.3 Å². The van der Waals surface area contributed by atoms with E-state index in [0.29, 0.717) is 26.1 Å². The van der Waals surface area contributed by atoms with Gasteiger partial charge in [0.05, 0.1) is 6.61 Å². The first-order chi connectivity index (χ1) is 11.9. The van der Waals surface area contributed by atoms with Gasteiger partial charge in [-0.05, 0) is 24.1 Å². The number of para-hydroxylation sites is 1. The summed E-state index contributed by atoms with van der Waals surface area (Å²) in [5.74, 6) is 0.729. The molecule has 0 fully saturated rings. The van der Waals surface area contributed by atoms with Gasteiger partial charge in [-0.2, -0.15) is 13.2 Å². The maximum atomic E-state index is 12.7. The van der Waals surface area contributed by atoms with Gasteiger partial charge in [-0.25, -0.2) is 0 Å². The van der Waals surface area contributed by atoms with Crippen LogP contribution in [0.15, 0.2) is 60.7 Å². The van der Waals surface area contributed by atoms with Crippen LogP contribution in [-0.4, -0.2) is 42.0 Å². The largest absolute Gasteiger partial charge is 0.494 e. The molecule has 1 unspecified atom stereocenters. The van der Waals surface area contributed by atoms with Crippen molar-refractivity contribution in [1.82, 2.24) is 4.90 Å². The molecule has 3 nitrogen and oxygen atoms in total. The van der Waals surface area contributed by atoms with E-state index in [4.69, 9.17) is 4.74 Å². The zero-order chi connectivity index (χ0) is 18.1. The van der Waals surface area contributed by atoms with Crippen molar-refractivity contribution in [3.8, 4) is 5.75 Å². The third-order valence-corrected chi connectivity index (χ3v) is 3.69. The Balaban J connectivity index is 1.87. The van der Waals surface area contributed by atoms with Gasteiger partial charge in [-0.3, -0.25) is 4.90 Å². The number of aliphatic hydroxyl groups is 1. The number of halogens is 3. The van der Waals surface area contributed by atoms with Gasteiger partial charge in [-0.15, -0.1) is 0 Å². The lowest BCUT2D eigenvalue weighted by Crippen LogP contribution is -2.41. The average Bonchev–Trinajstić information content (AvgIpc) is 2.59. The summed E-state index contributed by atoms with van der Waals surface area (Å²) in [5.41, 5.74) is 0.904. The van der Waals surface area contributed by atoms with Gasteiger partial charge in [0.2, 0.25) is 0 Å². The Morgan fingerprint density at radius 1 is 0.960 bits per heavy atom. The molecule has 0 bridgehead atoms. The van der Waals surface area contributed by atoms with E-state index in [1.807, 2.05) is 60.7 Å². The minimum Gasteiger partial charge on any atom is -0.494 e. The molecule has 2 rings (SSSR count). The Labute approximate surface area is 145 Å². The number of rotatable bonds is 9. The van der Waals surface area contributed by atoms with Gasteiger partial charge < -0.3 is 9.84 Å². The second kappa shape index (κ2) is 9.44. The van der Waals surface area contributed by atoms with Crippen LogP contribution in [0.2, 0.25) is 0 Å². The van der Waals surface area contributed by atoms with Crippen molar-refractivity contribution in [3.63, 3.8) is 0 Å². The number of ether oxygens (including phenoxy) is 1. The maximum absolute atomic E-state index is 12.7.